The fraction of sp³-hybridized carbons (Fsp3) is 0.111. The fourth-order valence-electron chi connectivity index (χ4n) is 0.834. The minimum Gasteiger partial charge on any atom is -0.497 e. The molecule has 0 aromatic heterocycles. The van der Waals surface area contributed by atoms with E-state index in [4.69, 9.17) is 15.9 Å². The van der Waals surface area contributed by atoms with Gasteiger partial charge in [-0.3, -0.25) is 5.41 Å². The molecule has 1 rings (SSSR count). The molecule has 13 heavy (non-hydrogen) atoms. The van der Waals surface area contributed by atoms with Gasteiger partial charge < -0.3 is 10.5 Å². The molecular formula is C9H11N3O. The highest BCUT2D eigenvalue weighted by molar-refractivity contribution is 5.91. The van der Waals surface area contributed by atoms with Crippen molar-refractivity contribution in [2.24, 2.45) is 10.7 Å². The van der Waals surface area contributed by atoms with Crippen LogP contribution in [0.5, 0.6) is 5.75 Å². The first kappa shape index (κ1) is 9.25. The average Bonchev–Trinajstić information content (AvgIpc) is 2.15. The quantitative estimate of drug-likeness (QED) is 0.522. The van der Waals surface area contributed by atoms with E-state index in [0.29, 0.717) is 0 Å². The highest BCUT2D eigenvalue weighted by Gasteiger charge is 1.90. The van der Waals surface area contributed by atoms with E-state index in [1.54, 1.807) is 7.11 Å². The van der Waals surface area contributed by atoms with Crippen molar-refractivity contribution in [3.63, 3.8) is 0 Å². The molecule has 0 atom stereocenters. The summed E-state index contributed by atoms with van der Waals surface area (Å²) in [7, 11) is 1.61. The van der Waals surface area contributed by atoms with Crippen molar-refractivity contribution < 1.29 is 4.74 Å². The van der Waals surface area contributed by atoms with E-state index in [1.807, 2.05) is 24.3 Å². The van der Waals surface area contributed by atoms with Crippen LogP contribution in [0.15, 0.2) is 29.3 Å². The molecule has 0 aliphatic carbocycles. The SMILES string of the molecule is COc1ccc(C=NC(=N)N)cc1. The Kier molecular flexibility index (Phi) is 3.03. The zero-order valence-corrected chi connectivity index (χ0v) is 7.32. The zero-order valence-electron chi connectivity index (χ0n) is 7.32. The van der Waals surface area contributed by atoms with Crippen LogP contribution in [-0.2, 0) is 0 Å². The highest BCUT2D eigenvalue weighted by Crippen LogP contribution is 2.09. The Morgan fingerprint density at radius 1 is 1.46 bits per heavy atom. The summed E-state index contributed by atoms with van der Waals surface area (Å²) in [6.45, 7) is 0. The van der Waals surface area contributed by atoms with Crippen molar-refractivity contribution in [1.82, 2.24) is 0 Å². The van der Waals surface area contributed by atoms with E-state index in [9.17, 15) is 0 Å². The fourth-order valence-corrected chi connectivity index (χ4v) is 0.834. The van der Waals surface area contributed by atoms with Crippen molar-refractivity contribution in [3.05, 3.63) is 29.8 Å². The number of rotatable bonds is 2. The van der Waals surface area contributed by atoms with Gasteiger partial charge in [-0.1, -0.05) is 0 Å². The van der Waals surface area contributed by atoms with Gasteiger partial charge in [0.05, 0.1) is 7.11 Å². The van der Waals surface area contributed by atoms with Gasteiger partial charge in [-0.2, -0.15) is 0 Å². The van der Waals surface area contributed by atoms with Gasteiger partial charge in [0, 0.05) is 6.21 Å². The number of ether oxygens (including phenoxy) is 1. The minimum absolute atomic E-state index is 0.198. The van der Waals surface area contributed by atoms with Gasteiger partial charge in [-0.05, 0) is 29.8 Å². The number of aliphatic imine (C=N–C) groups is 1. The van der Waals surface area contributed by atoms with Gasteiger partial charge in [-0.25, -0.2) is 4.99 Å². The van der Waals surface area contributed by atoms with Crippen LogP contribution >= 0.6 is 0 Å². The van der Waals surface area contributed by atoms with Crippen molar-refractivity contribution in [2.45, 2.75) is 0 Å². The Labute approximate surface area is 76.6 Å². The number of guanidine groups is 1. The highest BCUT2D eigenvalue weighted by atomic mass is 16.5. The largest absolute Gasteiger partial charge is 0.497 e. The summed E-state index contributed by atoms with van der Waals surface area (Å²) in [5.74, 6) is 0.593. The third-order valence-corrected chi connectivity index (χ3v) is 1.47. The molecule has 0 saturated carbocycles. The first-order chi connectivity index (χ1) is 6.22. The van der Waals surface area contributed by atoms with Crippen LogP contribution in [0.1, 0.15) is 5.56 Å². The van der Waals surface area contributed by atoms with Gasteiger partial charge >= 0.3 is 0 Å². The smallest absolute Gasteiger partial charge is 0.212 e. The Hall–Kier alpha value is -1.84. The molecule has 0 amide bonds. The van der Waals surface area contributed by atoms with Gasteiger partial charge in [0.2, 0.25) is 5.96 Å². The van der Waals surface area contributed by atoms with Crippen LogP contribution in [-0.4, -0.2) is 19.3 Å². The number of nitrogens with one attached hydrogen (secondary N) is 1. The lowest BCUT2D eigenvalue weighted by Crippen LogP contribution is -2.05. The molecule has 0 spiro atoms. The number of methoxy groups -OCH3 is 1. The topological polar surface area (TPSA) is 71.5 Å². The lowest BCUT2D eigenvalue weighted by atomic mass is 10.2. The third kappa shape index (κ3) is 2.94. The normalized spacial score (nSPS) is 10.2. The molecule has 68 valence electrons. The number of nitrogens with zero attached hydrogens (tertiary/aromatic N) is 1. The zero-order chi connectivity index (χ0) is 9.68. The lowest BCUT2D eigenvalue weighted by molar-refractivity contribution is 0.415. The summed E-state index contributed by atoms with van der Waals surface area (Å²) in [6.07, 6.45) is 1.53. The van der Waals surface area contributed by atoms with Crippen LogP contribution in [0.3, 0.4) is 0 Å². The first-order valence-electron chi connectivity index (χ1n) is 3.74. The molecular weight excluding hydrogens is 166 g/mol. The van der Waals surface area contributed by atoms with Crippen molar-refractivity contribution in [2.75, 3.05) is 7.11 Å². The van der Waals surface area contributed by atoms with Crippen LogP contribution < -0.4 is 10.5 Å². The summed E-state index contributed by atoms with van der Waals surface area (Å²) in [6, 6.07) is 7.32. The van der Waals surface area contributed by atoms with Crippen molar-refractivity contribution in [1.29, 1.82) is 5.41 Å². The molecule has 0 saturated heterocycles. The Morgan fingerprint density at radius 2 is 2.08 bits per heavy atom. The predicted octanol–water partition coefficient (Wildman–Crippen LogP) is 1.01. The maximum absolute atomic E-state index is 6.88. The molecule has 0 radical (unpaired) electrons. The summed E-state index contributed by atoms with van der Waals surface area (Å²) in [5.41, 5.74) is 5.94. The summed E-state index contributed by atoms with van der Waals surface area (Å²) in [5, 5.41) is 6.88. The van der Waals surface area contributed by atoms with Crippen LogP contribution in [0.4, 0.5) is 0 Å². The molecule has 0 aliphatic rings. The average molecular weight is 177 g/mol. The molecule has 0 aliphatic heterocycles. The molecule has 3 N–H and O–H groups in total. The Bertz CT molecular complexity index is 316. The van der Waals surface area contributed by atoms with E-state index >= 15 is 0 Å². The summed E-state index contributed by atoms with van der Waals surface area (Å²) < 4.78 is 4.98. The van der Waals surface area contributed by atoms with E-state index in [2.05, 4.69) is 4.99 Å². The van der Waals surface area contributed by atoms with Crippen LogP contribution in [0.25, 0.3) is 0 Å². The minimum atomic E-state index is -0.198. The van der Waals surface area contributed by atoms with Crippen molar-refractivity contribution in [3.8, 4) is 5.75 Å². The maximum Gasteiger partial charge on any atom is 0.212 e. The number of hydrogen-bond donors (Lipinski definition) is 2. The predicted molar refractivity (Wildman–Crippen MR) is 52.5 cm³/mol. The molecule has 1 aromatic carbocycles. The first-order valence-corrected chi connectivity index (χ1v) is 3.74. The van der Waals surface area contributed by atoms with Crippen LogP contribution in [0.2, 0.25) is 0 Å². The molecule has 0 bridgehead atoms. The Morgan fingerprint density at radius 3 is 2.54 bits per heavy atom. The van der Waals surface area contributed by atoms with Gasteiger partial charge in [0.15, 0.2) is 0 Å². The molecule has 0 heterocycles. The summed E-state index contributed by atoms with van der Waals surface area (Å²) >= 11 is 0. The van der Waals surface area contributed by atoms with E-state index in [1.165, 1.54) is 6.21 Å². The lowest BCUT2D eigenvalue weighted by Gasteiger charge is -1.98. The van der Waals surface area contributed by atoms with E-state index in [0.717, 1.165) is 11.3 Å². The van der Waals surface area contributed by atoms with Gasteiger partial charge in [-0.15, -0.1) is 0 Å². The molecule has 0 unspecified atom stereocenters. The monoisotopic (exact) mass is 177 g/mol. The van der Waals surface area contributed by atoms with Gasteiger partial charge in [0.25, 0.3) is 0 Å². The summed E-state index contributed by atoms with van der Waals surface area (Å²) in [4.78, 5) is 3.65. The molecule has 0 fully saturated rings. The standard InChI is InChI=1S/C9H11N3O/c1-13-8-4-2-7(3-5-8)6-12-9(10)11/h2-6H,1H3,(H3,10,11). The number of benzene rings is 1. The maximum atomic E-state index is 6.88. The number of hydrogen-bond acceptors (Lipinski definition) is 2. The van der Waals surface area contributed by atoms with Crippen molar-refractivity contribution >= 4 is 12.2 Å². The molecule has 4 heteroatoms. The Balaban J connectivity index is 2.75. The van der Waals surface area contributed by atoms with Gasteiger partial charge in [0.1, 0.15) is 5.75 Å². The van der Waals surface area contributed by atoms with E-state index in [-0.39, 0.29) is 5.96 Å². The van der Waals surface area contributed by atoms with Crippen LogP contribution in [0, 0.1) is 5.41 Å². The van der Waals surface area contributed by atoms with E-state index < -0.39 is 0 Å². The second-order valence-electron chi connectivity index (χ2n) is 2.42. The number of nitrogens with two attached hydrogens (primary N) is 1. The third-order valence-electron chi connectivity index (χ3n) is 1.47. The second kappa shape index (κ2) is 4.25. The molecule has 1 aromatic rings. The molecule has 4 nitrogen and oxygen atoms in total. The second-order valence-corrected chi connectivity index (χ2v) is 2.42.